The number of amides is 3. The van der Waals surface area contributed by atoms with Crippen molar-refractivity contribution in [3.05, 3.63) is 24.2 Å². The lowest BCUT2D eigenvalue weighted by molar-refractivity contribution is -0.137. The molecule has 1 aromatic heterocycles. The zero-order valence-electron chi connectivity index (χ0n) is 15.1. The molecule has 1 aliphatic carbocycles. The Hall–Kier alpha value is -1.98. The van der Waals surface area contributed by atoms with Gasteiger partial charge < -0.3 is 19.5 Å². The van der Waals surface area contributed by atoms with Gasteiger partial charge in [0, 0.05) is 37.8 Å². The topological polar surface area (TPSA) is 65.8 Å². The van der Waals surface area contributed by atoms with E-state index in [1.807, 2.05) is 22.8 Å². The van der Waals surface area contributed by atoms with Crippen LogP contribution in [0.25, 0.3) is 0 Å². The molecule has 0 unspecified atom stereocenters. The Bertz CT molecular complexity index is 566. The van der Waals surface area contributed by atoms with Crippen molar-refractivity contribution in [1.82, 2.24) is 15.1 Å². The highest BCUT2D eigenvalue weighted by atomic mass is 16.3. The molecule has 0 aromatic carbocycles. The number of piperidine rings is 1. The average molecular weight is 347 g/mol. The minimum atomic E-state index is -0.102. The van der Waals surface area contributed by atoms with Crippen LogP contribution in [0.4, 0.5) is 4.79 Å². The van der Waals surface area contributed by atoms with E-state index in [1.54, 1.807) is 12.5 Å². The lowest BCUT2D eigenvalue weighted by Crippen LogP contribution is -2.51. The van der Waals surface area contributed by atoms with Crippen LogP contribution in [0.1, 0.15) is 51.0 Å². The van der Waals surface area contributed by atoms with Crippen LogP contribution in [0.3, 0.4) is 0 Å². The second-order valence-corrected chi connectivity index (χ2v) is 7.20. The molecule has 1 aliphatic heterocycles. The molecule has 2 fully saturated rings. The Balaban J connectivity index is 1.55. The van der Waals surface area contributed by atoms with E-state index in [1.165, 1.54) is 12.8 Å². The summed E-state index contributed by atoms with van der Waals surface area (Å²) in [5.41, 5.74) is 1.00. The van der Waals surface area contributed by atoms with Gasteiger partial charge in [-0.25, -0.2) is 4.79 Å². The summed E-state index contributed by atoms with van der Waals surface area (Å²) in [6, 6.07) is 2.21. The molecule has 1 saturated heterocycles. The van der Waals surface area contributed by atoms with E-state index in [0.29, 0.717) is 25.7 Å². The number of urea groups is 1. The second-order valence-electron chi connectivity index (χ2n) is 7.20. The normalized spacial score (nSPS) is 21.3. The van der Waals surface area contributed by atoms with Gasteiger partial charge in [0.25, 0.3) is 0 Å². The van der Waals surface area contributed by atoms with E-state index < -0.39 is 0 Å². The van der Waals surface area contributed by atoms with Gasteiger partial charge in [-0.05, 0) is 38.7 Å². The molecule has 1 atom stereocenters. The van der Waals surface area contributed by atoms with Gasteiger partial charge in [-0.2, -0.15) is 0 Å². The van der Waals surface area contributed by atoms with E-state index in [4.69, 9.17) is 4.42 Å². The lowest BCUT2D eigenvalue weighted by Gasteiger charge is -2.35. The third kappa shape index (κ3) is 4.55. The van der Waals surface area contributed by atoms with Crippen molar-refractivity contribution >= 4 is 11.9 Å². The molecule has 1 aromatic rings. The molecule has 3 amide bonds. The second kappa shape index (κ2) is 8.41. The highest BCUT2D eigenvalue weighted by molar-refractivity contribution is 5.81. The Morgan fingerprint density at radius 1 is 1.28 bits per heavy atom. The summed E-state index contributed by atoms with van der Waals surface area (Å²) in [5, 5.41) is 3.14. The Morgan fingerprint density at radius 2 is 2.08 bits per heavy atom. The van der Waals surface area contributed by atoms with Gasteiger partial charge in [0.1, 0.15) is 0 Å². The number of likely N-dealkylation sites (tertiary alicyclic amines) is 1. The summed E-state index contributed by atoms with van der Waals surface area (Å²) in [6.45, 7) is 4.49. The zero-order chi connectivity index (χ0) is 17.6. The summed E-state index contributed by atoms with van der Waals surface area (Å²) in [6.07, 6.45) is 9.61. The van der Waals surface area contributed by atoms with Crippen molar-refractivity contribution < 1.29 is 14.0 Å². The molecule has 0 bridgehead atoms. The minimum Gasteiger partial charge on any atom is -0.472 e. The summed E-state index contributed by atoms with van der Waals surface area (Å²) >= 11 is 0. The van der Waals surface area contributed by atoms with Crippen molar-refractivity contribution in [3.63, 3.8) is 0 Å². The summed E-state index contributed by atoms with van der Waals surface area (Å²) < 4.78 is 5.10. The van der Waals surface area contributed by atoms with Crippen LogP contribution in [0.15, 0.2) is 23.0 Å². The minimum absolute atomic E-state index is 0.00211. The summed E-state index contributed by atoms with van der Waals surface area (Å²) in [4.78, 5) is 29.1. The fourth-order valence-corrected chi connectivity index (χ4v) is 3.91. The van der Waals surface area contributed by atoms with Crippen LogP contribution in [-0.4, -0.2) is 47.4 Å². The number of hydrogen-bond donors (Lipinski definition) is 1. The quantitative estimate of drug-likeness (QED) is 0.890. The third-order valence-corrected chi connectivity index (χ3v) is 5.39. The van der Waals surface area contributed by atoms with E-state index in [9.17, 15) is 9.59 Å². The molecule has 3 rings (SSSR count). The van der Waals surface area contributed by atoms with E-state index >= 15 is 0 Å². The number of nitrogens with zero attached hydrogens (tertiary/aromatic N) is 2. The molecule has 6 nitrogen and oxygen atoms in total. The smallest absolute Gasteiger partial charge is 0.317 e. The molecule has 0 spiro atoms. The van der Waals surface area contributed by atoms with Crippen molar-refractivity contribution in [2.24, 2.45) is 5.92 Å². The van der Waals surface area contributed by atoms with Crippen LogP contribution in [0, 0.1) is 5.92 Å². The predicted octanol–water partition coefficient (Wildman–Crippen LogP) is 2.99. The first-order valence-corrected chi connectivity index (χ1v) is 9.52. The maximum Gasteiger partial charge on any atom is 0.317 e. The summed E-state index contributed by atoms with van der Waals surface area (Å²) in [5.74, 6) is 0.0389. The number of carbonyl (C=O) groups excluding carboxylic acids is 2. The van der Waals surface area contributed by atoms with Gasteiger partial charge in [0.05, 0.1) is 18.4 Å². The first-order valence-electron chi connectivity index (χ1n) is 9.52. The SMILES string of the molecule is CCN(Cc1ccoc1)C(=O)[C@@H]1CCCN(C(=O)NC2CCCC2)C1. The lowest BCUT2D eigenvalue weighted by atomic mass is 9.96. The van der Waals surface area contributed by atoms with Gasteiger partial charge in [-0.1, -0.05) is 12.8 Å². The van der Waals surface area contributed by atoms with Crippen molar-refractivity contribution in [2.45, 2.75) is 58.0 Å². The van der Waals surface area contributed by atoms with Crippen LogP contribution >= 0.6 is 0 Å². The third-order valence-electron chi connectivity index (χ3n) is 5.39. The average Bonchev–Trinajstić information content (AvgIpc) is 3.33. The Labute approximate surface area is 149 Å². The largest absolute Gasteiger partial charge is 0.472 e. The number of rotatable bonds is 5. The first kappa shape index (κ1) is 17.8. The van der Waals surface area contributed by atoms with Crippen LogP contribution in [0.5, 0.6) is 0 Å². The number of furan rings is 1. The standard InChI is InChI=1S/C19H29N3O3/c1-2-21(12-15-9-11-25-14-15)18(23)16-6-5-10-22(13-16)19(24)20-17-7-3-4-8-17/h9,11,14,16-17H,2-8,10,12-13H2,1H3,(H,20,24)/t16-/m1/s1. The molecular formula is C19H29N3O3. The van der Waals surface area contributed by atoms with Gasteiger partial charge in [0.2, 0.25) is 5.91 Å². The zero-order valence-corrected chi connectivity index (χ0v) is 15.1. The molecule has 138 valence electrons. The van der Waals surface area contributed by atoms with Crippen molar-refractivity contribution in [1.29, 1.82) is 0 Å². The molecule has 25 heavy (non-hydrogen) atoms. The Morgan fingerprint density at radius 3 is 2.76 bits per heavy atom. The Kier molecular flexibility index (Phi) is 6.00. The molecular weight excluding hydrogens is 318 g/mol. The van der Waals surface area contributed by atoms with Crippen molar-refractivity contribution in [2.75, 3.05) is 19.6 Å². The molecule has 2 aliphatic rings. The summed E-state index contributed by atoms with van der Waals surface area (Å²) in [7, 11) is 0. The number of hydrogen-bond acceptors (Lipinski definition) is 3. The van der Waals surface area contributed by atoms with Gasteiger partial charge in [0.15, 0.2) is 0 Å². The van der Waals surface area contributed by atoms with E-state index in [-0.39, 0.29) is 17.9 Å². The predicted molar refractivity (Wildman–Crippen MR) is 94.9 cm³/mol. The molecule has 6 heteroatoms. The van der Waals surface area contributed by atoms with Gasteiger partial charge >= 0.3 is 6.03 Å². The molecule has 1 N–H and O–H groups in total. The fraction of sp³-hybridized carbons (Fsp3) is 0.684. The fourth-order valence-electron chi connectivity index (χ4n) is 3.91. The van der Waals surface area contributed by atoms with Gasteiger partial charge in [-0.15, -0.1) is 0 Å². The maximum atomic E-state index is 12.9. The number of nitrogens with one attached hydrogen (secondary N) is 1. The van der Waals surface area contributed by atoms with Crippen LogP contribution < -0.4 is 5.32 Å². The maximum absolute atomic E-state index is 12.9. The monoisotopic (exact) mass is 347 g/mol. The highest BCUT2D eigenvalue weighted by Gasteiger charge is 2.31. The van der Waals surface area contributed by atoms with E-state index in [0.717, 1.165) is 37.8 Å². The van der Waals surface area contributed by atoms with Crippen LogP contribution in [0.2, 0.25) is 0 Å². The molecule has 1 saturated carbocycles. The van der Waals surface area contributed by atoms with E-state index in [2.05, 4.69) is 5.32 Å². The van der Waals surface area contributed by atoms with Crippen molar-refractivity contribution in [3.8, 4) is 0 Å². The van der Waals surface area contributed by atoms with Crippen LogP contribution in [-0.2, 0) is 11.3 Å². The highest BCUT2D eigenvalue weighted by Crippen LogP contribution is 2.22. The number of carbonyl (C=O) groups is 2. The molecule has 0 radical (unpaired) electrons. The van der Waals surface area contributed by atoms with Gasteiger partial charge in [-0.3, -0.25) is 4.79 Å². The molecule has 2 heterocycles. The first-order chi connectivity index (χ1) is 12.2.